The highest BCUT2D eigenvalue weighted by molar-refractivity contribution is 5.21. The zero-order chi connectivity index (χ0) is 12.3. The van der Waals surface area contributed by atoms with Crippen LogP contribution in [-0.2, 0) is 0 Å². The van der Waals surface area contributed by atoms with E-state index in [1.54, 1.807) is 0 Å². The predicted octanol–water partition coefficient (Wildman–Crippen LogP) is 0.891. The number of rotatable bonds is 4. The monoisotopic (exact) mass is 238 g/mol. The quantitative estimate of drug-likeness (QED) is 0.617. The topological polar surface area (TPSA) is 104 Å². The summed E-state index contributed by atoms with van der Waals surface area (Å²) in [5.41, 5.74) is 5.49. The van der Waals surface area contributed by atoms with Gasteiger partial charge in [-0.25, -0.2) is 0 Å². The fraction of sp³-hybridized carbons (Fsp3) is 0.600. The molecule has 7 heteroatoms. The first kappa shape index (κ1) is 11.7. The SMILES string of the molecule is NCC1CCCC1Oc1ncc([N+](=O)[O-])cn1. The summed E-state index contributed by atoms with van der Waals surface area (Å²) in [4.78, 5) is 17.5. The minimum Gasteiger partial charge on any atom is -0.460 e. The lowest BCUT2D eigenvalue weighted by atomic mass is 10.1. The fourth-order valence-corrected chi connectivity index (χ4v) is 2.03. The van der Waals surface area contributed by atoms with Gasteiger partial charge in [-0.1, -0.05) is 0 Å². The second kappa shape index (κ2) is 5.05. The molecule has 2 rings (SSSR count). The summed E-state index contributed by atoms with van der Waals surface area (Å²) in [6, 6.07) is 0.181. The van der Waals surface area contributed by atoms with Gasteiger partial charge in [0.2, 0.25) is 0 Å². The van der Waals surface area contributed by atoms with Crippen molar-refractivity contribution in [3.63, 3.8) is 0 Å². The van der Waals surface area contributed by atoms with Crippen LogP contribution >= 0.6 is 0 Å². The molecule has 2 atom stereocenters. The van der Waals surface area contributed by atoms with Crippen LogP contribution in [0.15, 0.2) is 12.4 Å². The Morgan fingerprint density at radius 3 is 2.76 bits per heavy atom. The molecule has 1 aromatic rings. The van der Waals surface area contributed by atoms with Crippen LogP contribution < -0.4 is 10.5 Å². The van der Waals surface area contributed by atoms with Gasteiger partial charge >= 0.3 is 11.7 Å². The van der Waals surface area contributed by atoms with E-state index in [9.17, 15) is 10.1 Å². The van der Waals surface area contributed by atoms with Gasteiger partial charge in [0.15, 0.2) is 0 Å². The molecule has 0 saturated heterocycles. The molecular formula is C10H14N4O3. The zero-order valence-corrected chi connectivity index (χ0v) is 9.28. The summed E-state index contributed by atoms with van der Waals surface area (Å²) in [6.07, 6.45) is 5.39. The lowest BCUT2D eigenvalue weighted by molar-refractivity contribution is -0.385. The lowest BCUT2D eigenvalue weighted by Crippen LogP contribution is -2.28. The van der Waals surface area contributed by atoms with Crippen LogP contribution in [0.4, 0.5) is 5.69 Å². The third-order valence-electron chi connectivity index (χ3n) is 2.97. The summed E-state index contributed by atoms with van der Waals surface area (Å²) in [5, 5.41) is 10.4. The van der Waals surface area contributed by atoms with E-state index >= 15 is 0 Å². The number of ether oxygens (including phenoxy) is 1. The molecule has 1 aliphatic rings. The highest BCUT2D eigenvalue weighted by Crippen LogP contribution is 2.27. The second-order valence-electron chi connectivity index (χ2n) is 4.06. The lowest BCUT2D eigenvalue weighted by Gasteiger charge is -2.17. The molecule has 1 fully saturated rings. The largest absolute Gasteiger partial charge is 0.460 e. The first-order chi connectivity index (χ1) is 8.20. The standard InChI is InChI=1S/C10H14N4O3/c11-4-7-2-1-3-9(7)17-10-12-5-8(6-13-10)14(15)16/h5-7,9H,1-4,11H2. The molecule has 0 bridgehead atoms. The van der Waals surface area contributed by atoms with Crippen molar-refractivity contribution >= 4 is 5.69 Å². The first-order valence-corrected chi connectivity index (χ1v) is 5.54. The maximum atomic E-state index is 10.4. The van der Waals surface area contributed by atoms with Crippen LogP contribution in [0.25, 0.3) is 0 Å². The van der Waals surface area contributed by atoms with E-state index in [-0.39, 0.29) is 17.8 Å². The van der Waals surface area contributed by atoms with Gasteiger partial charge in [0.05, 0.1) is 4.92 Å². The van der Waals surface area contributed by atoms with E-state index < -0.39 is 4.92 Å². The number of nitrogens with two attached hydrogens (primary N) is 1. The second-order valence-corrected chi connectivity index (χ2v) is 4.06. The van der Waals surface area contributed by atoms with Crippen molar-refractivity contribution in [1.29, 1.82) is 0 Å². The van der Waals surface area contributed by atoms with E-state index in [1.807, 2.05) is 0 Å². The Bertz CT molecular complexity index is 395. The van der Waals surface area contributed by atoms with Crippen molar-refractivity contribution in [3.8, 4) is 6.01 Å². The number of hydrogen-bond donors (Lipinski definition) is 1. The number of nitro groups is 1. The molecule has 1 heterocycles. The third-order valence-corrected chi connectivity index (χ3v) is 2.97. The van der Waals surface area contributed by atoms with Crippen molar-refractivity contribution in [1.82, 2.24) is 9.97 Å². The molecule has 0 radical (unpaired) electrons. The Kier molecular flexibility index (Phi) is 3.48. The van der Waals surface area contributed by atoms with Crippen LogP contribution in [0, 0.1) is 16.0 Å². The molecule has 2 unspecified atom stereocenters. The number of hydrogen-bond acceptors (Lipinski definition) is 6. The summed E-state index contributed by atoms with van der Waals surface area (Å²) in [6.45, 7) is 0.581. The molecule has 17 heavy (non-hydrogen) atoms. The summed E-state index contributed by atoms with van der Waals surface area (Å²) < 4.78 is 5.59. The molecule has 0 spiro atoms. The molecule has 0 amide bonds. The van der Waals surface area contributed by atoms with Gasteiger partial charge < -0.3 is 10.5 Å². The molecule has 2 N–H and O–H groups in total. The Labute approximate surface area is 98.2 Å². The van der Waals surface area contributed by atoms with Gasteiger partial charge in [0, 0.05) is 5.92 Å². The van der Waals surface area contributed by atoms with Crippen LogP contribution in [0.5, 0.6) is 6.01 Å². The Morgan fingerprint density at radius 1 is 1.47 bits per heavy atom. The fourth-order valence-electron chi connectivity index (χ4n) is 2.03. The van der Waals surface area contributed by atoms with E-state index in [2.05, 4.69) is 9.97 Å². The van der Waals surface area contributed by atoms with Gasteiger partial charge in [-0.2, -0.15) is 9.97 Å². The number of nitrogens with zero attached hydrogens (tertiary/aromatic N) is 3. The van der Waals surface area contributed by atoms with Gasteiger partial charge in [-0.3, -0.25) is 10.1 Å². The van der Waals surface area contributed by atoms with Crippen molar-refractivity contribution in [2.24, 2.45) is 11.7 Å². The van der Waals surface area contributed by atoms with Crippen molar-refractivity contribution in [2.75, 3.05) is 6.54 Å². The number of aromatic nitrogens is 2. The van der Waals surface area contributed by atoms with E-state index in [0.29, 0.717) is 12.5 Å². The Balaban J connectivity index is 2.01. The van der Waals surface area contributed by atoms with Crippen molar-refractivity contribution in [2.45, 2.75) is 25.4 Å². The molecular weight excluding hydrogens is 224 g/mol. The van der Waals surface area contributed by atoms with E-state index in [4.69, 9.17) is 10.5 Å². The van der Waals surface area contributed by atoms with Crippen LogP contribution in [0.2, 0.25) is 0 Å². The van der Waals surface area contributed by atoms with E-state index in [1.165, 1.54) is 0 Å². The first-order valence-electron chi connectivity index (χ1n) is 5.54. The van der Waals surface area contributed by atoms with Gasteiger partial charge in [0.25, 0.3) is 0 Å². The van der Waals surface area contributed by atoms with Gasteiger partial charge in [-0.05, 0) is 25.8 Å². The van der Waals surface area contributed by atoms with Crippen molar-refractivity contribution < 1.29 is 9.66 Å². The highest BCUT2D eigenvalue weighted by atomic mass is 16.6. The highest BCUT2D eigenvalue weighted by Gasteiger charge is 2.28. The van der Waals surface area contributed by atoms with Crippen molar-refractivity contribution in [3.05, 3.63) is 22.5 Å². The smallest absolute Gasteiger partial charge is 0.317 e. The zero-order valence-electron chi connectivity index (χ0n) is 9.28. The molecule has 0 aliphatic heterocycles. The molecule has 0 aromatic carbocycles. The molecule has 1 aliphatic carbocycles. The minimum atomic E-state index is -0.540. The average molecular weight is 238 g/mol. The average Bonchev–Trinajstić information content (AvgIpc) is 2.77. The molecule has 1 aromatic heterocycles. The van der Waals surface area contributed by atoms with Gasteiger partial charge in [-0.15, -0.1) is 0 Å². The molecule has 7 nitrogen and oxygen atoms in total. The van der Waals surface area contributed by atoms with Crippen LogP contribution in [0.1, 0.15) is 19.3 Å². The molecule has 92 valence electrons. The maximum absolute atomic E-state index is 10.4. The van der Waals surface area contributed by atoms with Gasteiger partial charge in [0.1, 0.15) is 18.5 Å². The minimum absolute atomic E-state index is 0.0291. The summed E-state index contributed by atoms with van der Waals surface area (Å²) in [7, 11) is 0. The molecule has 1 saturated carbocycles. The van der Waals surface area contributed by atoms with Crippen LogP contribution in [0.3, 0.4) is 0 Å². The maximum Gasteiger partial charge on any atom is 0.317 e. The summed E-state index contributed by atoms with van der Waals surface area (Å²) >= 11 is 0. The third kappa shape index (κ3) is 2.68. The van der Waals surface area contributed by atoms with Crippen LogP contribution in [-0.4, -0.2) is 27.5 Å². The Hall–Kier alpha value is -1.76. The van der Waals surface area contributed by atoms with E-state index in [0.717, 1.165) is 31.7 Å². The summed E-state index contributed by atoms with van der Waals surface area (Å²) in [5.74, 6) is 0.328. The normalized spacial score (nSPS) is 23.6. The Morgan fingerprint density at radius 2 is 2.18 bits per heavy atom. The predicted molar refractivity (Wildman–Crippen MR) is 59.5 cm³/mol.